The molecule has 2 aromatic rings. The number of nitrogens with zero attached hydrogens (tertiary/aromatic N) is 1. The molecule has 1 N–H and O–H groups in total. The summed E-state index contributed by atoms with van der Waals surface area (Å²) in [5, 5.41) is 0. The van der Waals surface area contributed by atoms with Gasteiger partial charge in [-0.15, -0.1) is 0 Å². The summed E-state index contributed by atoms with van der Waals surface area (Å²) in [7, 11) is -3.71. The normalized spacial score (nSPS) is 14.5. The van der Waals surface area contributed by atoms with Crippen LogP contribution in [-0.2, 0) is 15.6 Å². The lowest BCUT2D eigenvalue weighted by atomic mass is 9.98. The van der Waals surface area contributed by atoms with E-state index in [2.05, 4.69) is 9.71 Å². The van der Waals surface area contributed by atoms with Gasteiger partial charge in [-0.05, 0) is 37.6 Å². The van der Waals surface area contributed by atoms with Crippen LogP contribution in [0.4, 0.5) is 0 Å². The fraction of sp³-hybridized carbons (Fsp3) is 0.312. The maximum absolute atomic E-state index is 12.7. The molecule has 7 heteroatoms. The third-order valence-corrected chi connectivity index (χ3v) is 5.25. The van der Waals surface area contributed by atoms with Crippen molar-refractivity contribution < 1.29 is 17.9 Å². The van der Waals surface area contributed by atoms with Crippen LogP contribution in [0.1, 0.15) is 19.4 Å². The number of sulfonamides is 1. The summed E-state index contributed by atoms with van der Waals surface area (Å²) in [5.74, 6) is 1.00. The molecule has 1 aliphatic rings. The third kappa shape index (κ3) is 3.30. The van der Waals surface area contributed by atoms with Crippen molar-refractivity contribution in [2.45, 2.75) is 24.3 Å². The molecule has 0 aliphatic carbocycles. The van der Waals surface area contributed by atoms with Crippen LogP contribution < -0.4 is 14.2 Å². The highest BCUT2D eigenvalue weighted by atomic mass is 32.2. The van der Waals surface area contributed by atoms with E-state index >= 15 is 0 Å². The molecule has 0 spiro atoms. The van der Waals surface area contributed by atoms with E-state index in [4.69, 9.17) is 9.47 Å². The standard InChI is InChI=1S/C16H18N2O4S/c1-16(2,12-4-3-7-17-11-12)18-23(19,20)13-5-6-14-15(10-13)22-9-8-21-14/h3-7,10-11,18H,8-9H2,1-2H3. The van der Waals surface area contributed by atoms with E-state index in [1.807, 2.05) is 6.07 Å². The average Bonchev–Trinajstić information content (AvgIpc) is 2.54. The van der Waals surface area contributed by atoms with E-state index < -0.39 is 15.6 Å². The van der Waals surface area contributed by atoms with E-state index in [9.17, 15) is 8.42 Å². The average molecular weight is 334 g/mol. The predicted octanol–water partition coefficient (Wildman–Crippen LogP) is 2.07. The van der Waals surface area contributed by atoms with Gasteiger partial charge in [0.1, 0.15) is 13.2 Å². The monoisotopic (exact) mass is 334 g/mol. The Balaban J connectivity index is 1.90. The van der Waals surface area contributed by atoms with Gasteiger partial charge in [-0.1, -0.05) is 6.07 Å². The van der Waals surface area contributed by atoms with Gasteiger partial charge in [0, 0.05) is 18.5 Å². The van der Waals surface area contributed by atoms with E-state index in [1.165, 1.54) is 12.1 Å². The SMILES string of the molecule is CC(C)(NS(=O)(=O)c1ccc2c(c1)OCCO2)c1cccnc1. The van der Waals surface area contributed by atoms with Gasteiger partial charge in [-0.3, -0.25) is 4.98 Å². The Kier molecular flexibility index (Phi) is 3.99. The first kappa shape index (κ1) is 15.8. The minimum Gasteiger partial charge on any atom is -0.486 e. The molecule has 1 aromatic carbocycles. The van der Waals surface area contributed by atoms with Gasteiger partial charge in [0.2, 0.25) is 10.0 Å². The summed E-state index contributed by atoms with van der Waals surface area (Å²) in [6.45, 7) is 4.45. The highest BCUT2D eigenvalue weighted by Gasteiger charge is 2.29. The predicted molar refractivity (Wildman–Crippen MR) is 85.0 cm³/mol. The van der Waals surface area contributed by atoms with E-state index in [0.717, 1.165) is 5.56 Å². The molecule has 0 radical (unpaired) electrons. The van der Waals surface area contributed by atoms with Crippen LogP contribution in [0, 0.1) is 0 Å². The van der Waals surface area contributed by atoms with Crippen molar-refractivity contribution >= 4 is 10.0 Å². The minimum atomic E-state index is -3.71. The van der Waals surface area contributed by atoms with E-state index in [0.29, 0.717) is 24.7 Å². The molecule has 3 rings (SSSR count). The topological polar surface area (TPSA) is 77.5 Å². The van der Waals surface area contributed by atoms with Gasteiger partial charge >= 0.3 is 0 Å². The van der Waals surface area contributed by atoms with Crippen molar-refractivity contribution in [1.29, 1.82) is 0 Å². The van der Waals surface area contributed by atoms with Crippen LogP contribution in [-0.4, -0.2) is 26.6 Å². The van der Waals surface area contributed by atoms with Crippen molar-refractivity contribution in [1.82, 2.24) is 9.71 Å². The van der Waals surface area contributed by atoms with Crippen LogP contribution >= 0.6 is 0 Å². The Morgan fingerprint density at radius 2 is 1.87 bits per heavy atom. The highest BCUT2D eigenvalue weighted by Crippen LogP contribution is 2.33. The van der Waals surface area contributed by atoms with Crippen LogP contribution in [0.2, 0.25) is 0 Å². The molecule has 0 bridgehead atoms. The molecule has 23 heavy (non-hydrogen) atoms. The van der Waals surface area contributed by atoms with E-state index in [1.54, 1.807) is 38.4 Å². The zero-order valence-corrected chi connectivity index (χ0v) is 13.8. The molecule has 0 unspecified atom stereocenters. The first-order valence-electron chi connectivity index (χ1n) is 7.23. The lowest BCUT2D eigenvalue weighted by Gasteiger charge is -2.26. The Bertz CT molecular complexity index is 804. The molecule has 1 aromatic heterocycles. The summed E-state index contributed by atoms with van der Waals surface area (Å²) in [6, 6.07) is 8.21. The summed E-state index contributed by atoms with van der Waals surface area (Å²) >= 11 is 0. The number of nitrogens with one attached hydrogen (secondary N) is 1. The van der Waals surface area contributed by atoms with Gasteiger partial charge in [-0.25, -0.2) is 13.1 Å². The van der Waals surface area contributed by atoms with Gasteiger partial charge in [-0.2, -0.15) is 0 Å². The number of hydrogen-bond donors (Lipinski definition) is 1. The molecule has 0 saturated heterocycles. The number of fused-ring (bicyclic) bond motifs is 1. The third-order valence-electron chi connectivity index (χ3n) is 3.60. The van der Waals surface area contributed by atoms with Gasteiger partial charge in [0.25, 0.3) is 0 Å². The Labute approximate surface area is 135 Å². The molecule has 6 nitrogen and oxygen atoms in total. The van der Waals surface area contributed by atoms with Gasteiger partial charge in [0.05, 0.1) is 10.4 Å². The number of benzene rings is 1. The lowest BCUT2D eigenvalue weighted by molar-refractivity contribution is 0.171. The minimum absolute atomic E-state index is 0.138. The molecule has 0 atom stereocenters. The molecule has 1 aliphatic heterocycles. The largest absolute Gasteiger partial charge is 0.486 e. The smallest absolute Gasteiger partial charge is 0.241 e. The van der Waals surface area contributed by atoms with Crippen LogP contribution in [0.25, 0.3) is 0 Å². The lowest BCUT2D eigenvalue weighted by Crippen LogP contribution is -2.41. The van der Waals surface area contributed by atoms with Gasteiger partial charge < -0.3 is 9.47 Å². The van der Waals surface area contributed by atoms with Crippen LogP contribution in [0.3, 0.4) is 0 Å². The fourth-order valence-corrected chi connectivity index (χ4v) is 3.79. The zero-order valence-electron chi connectivity index (χ0n) is 12.9. The first-order chi connectivity index (χ1) is 10.9. The molecule has 0 fully saturated rings. The quantitative estimate of drug-likeness (QED) is 0.926. The second-order valence-corrected chi connectivity index (χ2v) is 7.46. The van der Waals surface area contributed by atoms with Crippen molar-refractivity contribution in [2.75, 3.05) is 13.2 Å². The zero-order chi connectivity index (χ0) is 16.5. The number of pyridine rings is 1. The van der Waals surface area contributed by atoms with Crippen molar-refractivity contribution in [3.05, 3.63) is 48.3 Å². The number of ether oxygens (including phenoxy) is 2. The number of aromatic nitrogens is 1. The van der Waals surface area contributed by atoms with Crippen molar-refractivity contribution in [3.8, 4) is 11.5 Å². The Morgan fingerprint density at radius 1 is 1.13 bits per heavy atom. The highest BCUT2D eigenvalue weighted by molar-refractivity contribution is 7.89. The van der Waals surface area contributed by atoms with Crippen molar-refractivity contribution in [3.63, 3.8) is 0 Å². The maximum Gasteiger partial charge on any atom is 0.241 e. The van der Waals surface area contributed by atoms with E-state index in [-0.39, 0.29) is 4.90 Å². The van der Waals surface area contributed by atoms with Crippen LogP contribution in [0.15, 0.2) is 47.6 Å². The second-order valence-electron chi connectivity index (χ2n) is 5.78. The molecule has 0 saturated carbocycles. The summed E-state index contributed by atoms with van der Waals surface area (Å²) in [5.41, 5.74) is -0.0125. The van der Waals surface area contributed by atoms with Crippen molar-refractivity contribution in [2.24, 2.45) is 0 Å². The van der Waals surface area contributed by atoms with Gasteiger partial charge in [0.15, 0.2) is 11.5 Å². The summed E-state index contributed by atoms with van der Waals surface area (Å²) in [6.07, 6.45) is 3.29. The number of rotatable bonds is 4. The molecule has 0 amide bonds. The fourth-order valence-electron chi connectivity index (χ4n) is 2.38. The number of hydrogen-bond acceptors (Lipinski definition) is 5. The Morgan fingerprint density at radius 3 is 2.57 bits per heavy atom. The maximum atomic E-state index is 12.7. The molecular weight excluding hydrogens is 316 g/mol. The Hall–Kier alpha value is -2.12. The summed E-state index contributed by atoms with van der Waals surface area (Å²) < 4.78 is 38.9. The summed E-state index contributed by atoms with van der Waals surface area (Å²) in [4.78, 5) is 4.18. The molecular formula is C16H18N2O4S. The first-order valence-corrected chi connectivity index (χ1v) is 8.71. The second kappa shape index (κ2) is 5.82. The molecule has 2 heterocycles. The van der Waals surface area contributed by atoms with Crippen LogP contribution in [0.5, 0.6) is 11.5 Å². The molecule has 122 valence electrons.